The van der Waals surface area contributed by atoms with E-state index >= 15 is 0 Å². The first-order chi connectivity index (χ1) is 12.1. The summed E-state index contributed by atoms with van der Waals surface area (Å²) in [6.07, 6.45) is 1.46. The summed E-state index contributed by atoms with van der Waals surface area (Å²) in [4.78, 5) is 14.4. The van der Waals surface area contributed by atoms with Crippen LogP contribution < -0.4 is 10.1 Å². The van der Waals surface area contributed by atoms with Gasteiger partial charge in [-0.15, -0.1) is 0 Å². The molecule has 5 heteroatoms. The summed E-state index contributed by atoms with van der Waals surface area (Å²) in [6, 6.07) is 16.7. The lowest BCUT2D eigenvalue weighted by atomic mass is 9.94. The number of para-hydroxylation sites is 3. The number of aliphatic hydroxyl groups is 1. The van der Waals surface area contributed by atoms with Gasteiger partial charge >= 0.3 is 6.03 Å². The number of rotatable bonds is 4. The van der Waals surface area contributed by atoms with Gasteiger partial charge in [-0.25, -0.2) is 4.79 Å². The molecule has 0 aromatic heterocycles. The molecule has 3 rings (SSSR count). The van der Waals surface area contributed by atoms with Crippen molar-refractivity contribution in [2.75, 3.05) is 18.4 Å². The van der Waals surface area contributed by atoms with Crippen molar-refractivity contribution in [3.63, 3.8) is 0 Å². The van der Waals surface area contributed by atoms with Gasteiger partial charge in [0.2, 0.25) is 0 Å². The van der Waals surface area contributed by atoms with Crippen molar-refractivity contribution >= 4 is 11.7 Å². The Morgan fingerprint density at radius 1 is 1.20 bits per heavy atom. The zero-order valence-electron chi connectivity index (χ0n) is 14.4. The van der Waals surface area contributed by atoms with E-state index in [-0.39, 0.29) is 11.9 Å². The third kappa shape index (κ3) is 4.51. The minimum Gasteiger partial charge on any atom is -0.455 e. The van der Waals surface area contributed by atoms with Gasteiger partial charge < -0.3 is 20.1 Å². The number of nitrogens with one attached hydrogen (secondary N) is 1. The molecule has 25 heavy (non-hydrogen) atoms. The average molecular weight is 340 g/mol. The maximum atomic E-state index is 12.6. The van der Waals surface area contributed by atoms with Gasteiger partial charge in [-0.3, -0.25) is 0 Å². The van der Waals surface area contributed by atoms with Crippen LogP contribution in [0.5, 0.6) is 11.5 Å². The van der Waals surface area contributed by atoms with Crippen molar-refractivity contribution < 1.29 is 14.6 Å². The number of ether oxygens (including phenoxy) is 1. The van der Waals surface area contributed by atoms with Crippen molar-refractivity contribution in [1.29, 1.82) is 0 Å². The monoisotopic (exact) mass is 340 g/mol. The van der Waals surface area contributed by atoms with E-state index in [1.165, 1.54) is 0 Å². The normalized spacial score (nSPS) is 18.5. The fourth-order valence-electron chi connectivity index (χ4n) is 3.06. The van der Waals surface area contributed by atoms with Crippen LogP contribution in [-0.4, -0.2) is 35.2 Å². The topological polar surface area (TPSA) is 61.8 Å². The largest absolute Gasteiger partial charge is 0.455 e. The summed E-state index contributed by atoms with van der Waals surface area (Å²) >= 11 is 0. The van der Waals surface area contributed by atoms with Gasteiger partial charge in [-0.1, -0.05) is 30.3 Å². The van der Waals surface area contributed by atoms with Crippen molar-refractivity contribution in [1.82, 2.24) is 4.90 Å². The molecule has 0 aliphatic carbocycles. The van der Waals surface area contributed by atoms with Crippen LogP contribution in [0.4, 0.5) is 10.5 Å². The molecule has 1 aliphatic heterocycles. The molecule has 0 spiro atoms. The predicted octanol–water partition coefficient (Wildman–Crippen LogP) is 4.10. The third-order valence-corrected chi connectivity index (χ3v) is 4.53. The molecule has 1 aliphatic rings. The number of hydrogen-bond donors (Lipinski definition) is 2. The van der Waals surface area contributed by atoms with E-state index in [9.17, 15) is 9.90 Å². The van der Waals surface area contributed by atoms with E-state index in [2.05, 4.69) is 5.32 Å². The highest BCUT2D eigenvalue weighted by molar-refractivity contribution is 5.91. The van der Waals surface area contributed by atoms with E-state index in [0.29, 0.717) is 24.5 Å². The number of carbonyl (C=O) groups excluding carboxylic acids is 1. The molecule has 2 aromatic rings. The van der Waals surface area contributed by atoms with Gasteiger partial charge in [-0.2, -0.15) is 0 Å². The minimum atomic E-state index is -0.399. The number of hydrogen-bond acceptors (Lipinski definition) is 3. The van der Waals surface area contributed by atoms with Crippen molar-refractivity contribution in [3.05, 3.63) is 54.6 Å². The first kappa shape index (κ1) is 17.3. The van der Waals surface area contributed by atoms with E-state index in [0.717, 1.165) is 18.6 Å². The van der Waals surface area contributed by atoms with Crippen molar-refractivity contribution in [2.24, 2.45) is 5.92 Å². The third-order valence-electron chi connectivity index (χ3n) is 4.53. The first-order valence-corrected chi connectivity index (χ1v) is 8.69. The molecular formula is C20H24N2O3. The number of aliphatic hydroxyl groups excluding tert-OH is 1. The Labute approximate surface area is 148 Å². The molecule has 1 fully saturated rings. The smallest absolute Gasteiger partial charge is 0.321 e. The summed E-state index contributed by atoms with van der Waals surface area (Å²) in [6.45, 7) is 3.07. The van der Waals surface area contributed by atoms with Crippen LogP contribution >= 0.6 is 0 Å². The molecular weight excluding hydrogens is 316 g/mol. The lowest BCUT2D eigenvalue weighted by molar-refractivity contribution is 0.0766. The molecule has 2 atom stereocenters. The second-order valence-corrected chi connectivity index (χ2v) is 6.43. The average Bonchev–Trinajstić information content (AvgIpc) is 2.64. The van der Waals surface area contributed by atoms with Gasteiger partial charge in [0.1, 0.15) is 5.75 Å². The molecule has 0 bridgehead atoms. The Bertz CT molecular complexity index is 703. The molecule has 132 valence electrons. The number of benzene rings is 2. The molecule has 1 saturated heterocycles. The lowest BCUT2D eigenvalue weighted by Crippen LogP contribution is -2.44. The number of likely N-dealkylation sites (tertiary alicyclic amines) is 1. The van der Waals surface area contributed by atoms with E-state index < -0.39 is 6.10 Å². The Morgan fingerprint density at radius 2 is 1.92 bits per heavy atom. The zero-order valence-corrected chi connectivity index (χ0v) is 14.4. The number of nitrogens with zero attached hydrogens (tertiary/aromatic N) is 1. The van der Waals surface area contributed by atoms with Gasteiger partial charge in [0.05, 0.1) is 11.8 Å². The molecule has 2 aromatic carbocycles. The fraction of sp³-hybridized carbons (Fsp3) is 0.350. The van der Waals surface area contributed by atoms with Crippen LogP contribution in [0.15, 0.2) is 54.6 Å². The first-order valence-electron chi connectivity index (χ1n) is 8.69. The Kier molecular flexibility index (Phi) is 5.56. The lowest BCUT2D eigenvalue weighted by Gasteiger charge is -2.34. The van der Waals surface area contributed by atoms with E-state index in [1.54, 1.807) is 11.8 Å². The van der Waals surface area contributed by atoms with Gasteiger partial charge in [0.15, 0.2) is 5.75 Å². The molecule has 2 N–H and O–H groups in total. The van der Waals surface area contributed by atoms with Crippen molar-refractivity contribution in [3.8, 4) is 11.5 Å². The highest BCUT2D eigenvalue weighted by atomic mass is 16.5. The summed E-state index contributed by atoms with van der Waals surface area (Å²) in [5, 5.41) is 12.7. The summed E-state index contributed by atoms with van der Waals surface area (Å²) in [7, 11) is 0. The molecule has 0 unspecified atom stereocenters. The fourth-order valence-corrected chi connectivity index (χ4v) is 3.06. The number of urea groups is 1. The summed E-state index contributed by atoms with van der Waals surface area (Å²) in [5.74, 6) is 1.46. The number of amides is 2. The molecule has 1 heterocycles. The Balaban J connectivity index is 1.69. The second kappa shape index (κ2) is 8.03. The quantitative estimate of drug-likeness (QED) is 0.881. The maximum absolute atomic E-state index is 12.6. The Hall–Kier alpha value is -2.53. The molecule has 0 radical (unpaired) electrons. The minimum absolute atomic E-state index is 0.135. The van der Waals surface area contributed by atoms with Crippen LogP contribution in [0.1, 0.15) is 19.8 Å². The standard InChI is InChI=1S/C20H24N2O3/c1-15(23)16-8-7-13-22(14-16)20(24)21-18-11-5-6-12-19(18)25-17-9-3-2-4-10-17/h2-6,9-12,15-16,23H,7-8,13-14H2,1H3,(H,21,24)/t15-,16+/m0/s1. The van der Waals surface area contributed by atoms with Crippen LogP contribution in [0.3, 0.4) is 0 Å². The second-order valence-electron chi connectivity index (χ2n) is 6.43. The summed E-state index contributed by atoms with van der Waals surface area (Å²) in [5.41, 5.74) is 0.635. The maximum Gasteiger partial charge on any atom is 0.321 e. The Morgan fingerprint density at radius 3 is 2.68 bits per heavy atom. The number of carbonyl (C=O) groups is 1. The van der Waals surface area contributed by atoms with Crippen LogP contribution in [-0.2, 0) is 0 Å². The zero-order chi connectivity index (χ0) is 17.6. The van der Waals surface area contributed by atoms with Gasteiger partial charge in [0.25, 0.3) is 0 Å². The molecule has 5 nitrogen and oxygen atoms in total. The number of anilines is 1. The molecule has 2 amide bonds. The van der Waals surface area contributed by atoms with Crippen molar-refractivity contribution in [2.45, 2.75) is 25.9 Å². The van der Waals surface area contributed by atoms with E-state index in [1.807, 2.05) is 54.6 Å². The highest BCUT2D eigenvalue weighted by Crippen LogP contribution is 2.30. The van der Waals surface area contributed by atoms with Crippen LogP contribution in [0, 0.1) is 5.92 Å². The van der Waals surface area contributed by atoms with Gasteiger partial charge in [-0.05, 0) is 44.0 Å². The molecule has 0 saturated carbocycles. The van der Waals surface area contributed by atoms with Crippen LogP contribution in [0.25, 0.3) is 0 Å². The predicted molar refractivity (Wildman–Crippen MR) is 98.0 cm³/mol. The summed E-state index contributed by atoms with van der Waals surface area (Å²) < 4.78 is 5.88. The SMILES string of the molecule is C[C@H](O)[C@@H]1CCCN(C(=O)Nc2ccccc2Oc2ccccc2)C1. The van der Waals surface area contributed by atoms with Gasteiger partial charge in [0, 0.05) is 19.0 Å². The number of piperidine rings is 1. The van der Waals surface area contributed by atoms with E-state index in [4.69, 9.17) is 4.74 Å². The van der Waals surface area contributed by atoms with Crippen LogP contribution in [0.2, 0.25) is 0 Å². The highest BCUT2D eigenvalue weighted by Gasteiger charge is 2.26.